The molecule has 2 heterocycles. The molecular formula is C14H13N5O2. The second-order valence-electron chi connectivity index (χ2n) is 4.46. The van der Waals surface area contributed by atoms with Crippen LogP contribution in [-0.2, 0) is 0 Å². The van der Waals surface area contributed by atoms with Gasteiger partial charge < -0.3 is 9.72 Å². The van der Waals surface area contributed by atoms with Crippen LogP contribution in [0.15, 0.2) is 30.6 Å². The number of ether oxygens (including phenoxy) is 1. The molecule has 1 aromatic carbocycles. The van der Waals surface area contributed by atoms with E-state index >= 15 is 0 Å². The number of carbonyl (C=O) groups is 1. The first kappa shape index (κ1) is 13.0. The van der Waals surface area contributed by atoms with Crippen LogP contribution in [0.5, 0.6) is 5.88 Å². The van der Waals surface area contributed by atoms with E-state index in [1.165, 1.54) is 7.11 Å². The normalized spacial score (nSPS) is 10.6. The predicted octanol–water partition coefficient (Wildman–Crippen LogP) is 1.92. The lowest BCUT2D eigenvalue weighted by molar-refractivity contribution is 0.102. The number of fused-ring (bicyclic) bond motifs is 1. The number of rotatable bonds is 3. The molecule has 0 radical (unpaired) electrons. The monoisotopic (exact) mass is 283 g/mol. The number of aromatic nitrogens is 4. The van der Waals surface area contributed by atoms with Gasteiger partial charge in [0.25, 0.3) is 5.91 Å². The molecule has 2 N–H and O–H groups in total. The Morgan fingerprint density at radius 3 is 2.95 bits per heavy atom. The molecule has 0 fully saturated rings. The van der Waals surface area contributed by atoms with E-state index in [1.54, 1.807) is 37.5 Å². The van der Waals surface area contributed by atoms with Crippen LogP contribution < -0.4 is 10.1 Å². The minimum atomic E-state index is -0.292. The van der Waals surface area contributed by atoms with Gasteiger partial charge in [0, 0.05) is 17.3 Å². The van der Waals surface area contributed by atoms with Gasteiger partial charge in [0.2, 0.25) is 11.8 Å². The number of amides is 1. The Hall–Kier alpha value is -2.96. The summed E-state index contributed by atoms with van der Waals surface area (Å²) < 4.78 is 5.05. The molecule has 0 bridgehead atoms. The summed E-state index contributed by atoms with van der Waals surface area (Å²) in [5, 5.41) is 2.66. The largest absolute Gasteiger partial charge is 0.481 e. The van der Waals surface area contributed by atoms with Gasteiger partial charge in [-0.2, -0.15) is 4.98 Å². The Balaban J connectivity index is 1.86. The van der Waals surface area contributed by atoms with Crippen LogP contribution in [0.3, 0.4) is 0 Å². The lowest BCUT2D eigenvalue weighted by Gasteiger charge is -2.06. The fourth-order valence-electron chi connectivity index (χ4n) is 1.95. The first-order valence-electron chi connectivity index (χ1n) is 6.30. The maximum atomic E-state index is 12.2. The van der Waals surface area contributed by atoms with Crippen molar-refractivity contribution in [3.8, 4) is 5.88 Å². The standard InChI is InChI=1S/C14H13N5O2/c1-8-5-12(21-2)18-14(17-8)19-13(20)9-3-4-10-11(6-9)16-7-15-10/h3-7H,1-2H3,(H,15,16)(H,17,18,19,20). The maximum absolute atomic E-state index is 12.2. The van der Waals surface area contributed by atoms with Crippen molar-refractivity contribution >= 4 is 22.9 Å². The van der Waals surface area contributed by atoms with E-state index in [1.807, 2.05) is 0 Å². The molecule has 106 valence electrons. The Morgan fingerprint density at radius 2 is 2.14 bits per heavy atom. The SMILES string of the molecule is COc1cc(C)nc(NC(=O)c2ccc3nc[nH]c3c2)n1. The maximum Gasteiger partial charge on any atom is 0.258 e. The highest BCUT2D eigenvalue weighted by molar-refractivity contribution is 6.05. The van der Waals surface area contributed by atoms with E-state index in [0.717, 1.165) is 11.0 Å². The minimum absolute atomic E-state index is 0.210. The third kappa shape index (κ3) is 2.66. The van der Waals surface area contributed by atoms with Gasteiger partial charge in [0.1, 0.15) is 0 Å². The van der Waals surface area contributed by atoms with Crippen molar-refractivity contribution < 1.29 is 9.53 Å². The number of H-pyrrole nitrogens is 1. The summed E-state index contributed by atoms with van der Waals surface area (Å²) in [5.74, 6) is 0.322. The van der Waals surface area contributed by atoms with Gasteiger partial charge in [-0.05, 0) is 25.1 Å². The van der Waals surface area contributed by atoms with E-state index in [4.69, 9.17) is 4.74 Å². The molecule has 0 aliphatic carbocycles. The Morgan fingerprint density at radius 1 is 1.29 bits per heavy atom. The summed E-state index contributed by atoms with van der Waals surface area (Å²) in [4.78, 5) is 27.5. The van der Waals surface area contributed by atoms with Gasteiger partial charge in [-0.1, -0.05) is 0 Å². The zero-order chi connectivity index (χ0) is 14.8. The third-order valence-corrected chi connectivity index (χ3v) is 2.95. The quantitative estimate of drug-likeness (QED) is 0.766. The van der Waals surface area contributed by atoms with Crippen LogP contribution in [-0.4, -0.2) is 33.0 Å². The molecule has 0 aliphatic heterocycles. The summed E-state index contributed by atoms with van der Waals surface area (Å²) in [7, 11) is 1.51. The lowest BCUT2D eigenvalue weighted by atomic mass is 10.2. The average Bonchev–Trinajstić information content (AvgIpc) is 2.93. The topological polar surface area (TPSA) is 92.8 Å². The molecule has 0 unspecified atom stereocenters. The highest BCUT2D eigenvalue weighted by Crippen LogP contribution is 2.15. The average molecular weight is 283 g/mol. The summed E-state index contributed by atoms with van der Waals surface area (Å²) in [6.07, 6.45) is 1.58. The first-order valence-corrected chi connectivity index (χ1v) is 6.30. The Kier molecular flexibility index (Phi) is 3.23. The Labute approximate surface area is 120 Å². The molecule has 1 amide bonds. The van der Waals surface area contributed by atoms with Crippen molar-refractivity contribution in [2.45, 2.75) is 6.92 Å². The summed E-state index contributed by atoms with van der Waals surface area (Å²) >= 11 is 0. The molecule has 0 saturated carbocycles. The van der Waals surface area contributed by atoms with Crippen molar-refractivity contribution in [2.75, 3.05) is 12.4 Å². The van der Waals surface area contributed by atoms with Crippen molar-refractivity contribution in [3.63, 3.8) is 0 Å². The van der Waals surface area contributed by atoms with Gasteiger partial charge in [0.05, 0.1) is 24.5 Å². The van der Waals surface area contributed by atoms with E-state index in [-0.39, 0.29) is 11.9 Å². The van der Waals surface area contributed by atoms with Crippen LogP contribution >= 0.6 is 0 Å². The third-order valence-electron chi connectivity index (χ3n) is 2.95. The van der Waals surface area contributed by atoms with Crippen LogP contribution in [0, 0.1) is 6.92 Å². The van der Waals surface area contributed by atoms with Crippen LogP contribution in [0.25, 0.3) is 11.0 Å². The van der Waals surface area contributed by atoms with Gasteiger partial charge in [-0.15, -0.1) is 0 Å². The smallest absolute Gasteiger partial charge is 0.258 e. The molecule has 7 heteroatoms. The molecule has 0 spiro atoms. The molecule has 21 heavy (non-hydrogen) atoms. The second-order valence-corrected chi connectivity index (χ2v) is 4.46. The number of nitrogens with zero attached hydrogens (tertiary/aromatic N) is 3. The highest BCUT2D eigenvalue weighted by Gasteiger charge is 2.10. The number of anilines is 1. The van der Waals surface area contributed by atoms with Crippen LogP contribution in [0.2, 0.25) is 0 Å². The number of hydrogen-bond donors (Lipinski definition) is 2. The number of nitrogens with one attached hydrogen (secondary N) is 2. The zero-order valence-corrected chi connectivity index (χ0v) is 11.5. The summed E-state index contributed by atoms with van der Waals surface area (Å²) in [5.41, 5.74) is 2.81. The number of carbonyl (C=O) groups excluding carboxylic acids is 1. The highest BCUT2D eigenvalue weighted by atomic mass is 16.5. The van der Waals surface area contributed by atoms with Crippen LogP contribution in [0.1, 0.15) is 16.1 Å². The summed E-state index contributed by atoms with van der Waals surface area (Å²) in [6.45, 7) is 1.80. The van der Waals surface area contributed by atoms with Gasteiger partial charge in [-0.3, -0.25) is 10.1 Å². The van der Waals surface area contributed by atoms with Crippen molar-refractivity contribution in [1.82, 2.24) is 19.9 Å². The predicted molar refractivity (Wildman–Crippen MR) is 77.4 cm³/mol. The molecular weight excluding hydrogens is 270 g/mol. The molecule has 0 saturated heterocycles. The fourth-order valence-corrected chi connectivity index (χ4v) is 1.95. The number of aromatic amines is 1. The van der Waals surface area contributed by atoms with Crippen molar-refractivity contribution in [2.24, 2.45) is 0 Å². The number of hydrogen-bond acceptors (Lipinski definition) is 5. The first-order chi connectivity index (χ1) is 10.2. The number of benzene rings is 1. The second kappa shape index (κ2) is 5.20. The Bertz CT molecular complexity index is 812. The molecule has 2 aromatic heterocycles. The number of methoxy groups -OCH3 is 1. The van der Waals surface area contributed by atoms with Crippen molar-refractivity contribution in [1.29, 1.82) is 0 Å². The van der Waals surface area contributed by atoms with E-state index in [9.17, 15) is 4.79 Å². The van der Waals surface area contributed by atoms with Gasteiger partial charge >= 0.3 is 0 Å². The van der Waals surface area contributed by atoms with Gasteiger partial charge in [-0.25, -0.2) is 9.97 Å². The molecule has 3 aromatic rings. The number of aryl methyl sites for hydroxylation is 1. The zero-order valence-electron chi connectivity index (χ0n) is 11.5. The molecule has 7 nitrogen and oxygen atoms in total. The van der Waals surface area contributed by atoms with E-state index < -0.39 is 0 Å². The van der Waals surface area contributed by atoms with Crippen LogP contribution in [0.4, 0.5) is 5.95 Å². The fraction of sp³-hybridized carbons (Fsp3) is 0.143. The lowest BCUT2D eigenvalue weighted by Crippen LogP contribution is -2.14. The minimum Gasteiger partial charge on any atom is -0.481 e. The molecule has 0 aliphatic rings. The van der Waals surface area contributed by atoms with E-state index in [2.05, 4.69) is 25.3 Å². The van der Waals surface area contributed by atoms with E-state index in [0.29, 0.717) is 17.1 Å². The number of imidazole rings is 1. The summed E-state index contributed by atoms with van der Waals surface area (Å²) in [6, 6.07) is 6.89. The van der Waals surface area contributed by atoms with Crippen molar-refractivity contribution in [3.05, 3.63) is 41.9 Å². The molecule has 0 atom stereocenters. The van der Waals surface area contributed by atoms with Gasteiger partial charge in [0.15, 0.2) is 0 Å². The molecule has 3 rings (SSSR count).